The van der Waals surface area contributed by atoms with Crippen LogP contribution in [0.4, 0.5) is 0 Å². The number of rotatable bonds is 2. The molecule has 0 bridgehead atoms. The third-order valence-electron chi connectivity index (χ3n) is 3.52. The molecule has 1 atom stereocenters. The fraction of sp³-hybridized carbons (Fsp3) is 0.429. The molecule has 2 N–H and O–H groups in total. The van der Waals surface area contributed by atoms with E-state index in [1.807, 2.05) is 24.0 Å². The minimum Gasteiger partial charge on any atom is -0.336 e. The minimum absolute atomic E-state index is 0.0500. The summed E-state index contributed by atoms with van der Waals surface area (Å²) in [5, 5.41) is 0.856. The van der Waals surface area contributed by atoms with Crippen molar-refractivity contribution in [2.45, 2.75) is 25.8 Å². The van der Waals surface area contributed by atoms with Crippen LogP contribution < -0.4 is 5.73 Å². The maximum Gasteiger partial charge on any atom is 0.265 e. The highest BCUT2D eigenvalue weighted by molar-refractivity contribution is 7.24. The van der Waals surface area contributed by atoms with Gasteiger partial charge in [0.25, 0.3) is 5.91 Å². The Bertz CT molecular complexity index is 667. The first kappa shape index (κ1) is 15.0. The van der Waals surface area contributed by atoms with Crippen LogP contribution in [0, 0.1) is 6.92 Å². The van der Waals surface area contributed by atoms with E-state index in [9.17, 15) is 4.79 Å². The Hall–Kier alpha value is -0.950. The Labute approximate surface area is 136 Å². The maximum atomic E-state index is 12.6. The Morgan fingerprint density at radius 2 is 2.29 bits per heavy atom. The van der Waals surface area contributed by atoms with E-state index in [0.717, 1.165) is 39.3 Å². The van der Waals surface area contributed by atoms with Crippen LogP contribution in [0.1, 0.15) is 28.2 Å². The zero-order valence-electron chi connectivity index (χ0n) is 11.6. The van der Waals surface area contributed by atoms with E-state index in [4.69, 9.17) is 17.3 Å². The van der Waals surface area contributed by atoms with Gasteiger partial charge in [-0.2, -0.15) is 0 Å². The number of likely N-dealkylation sites (tertiary alicyclic amines) is 1. The molecular formula is C14H16ClN3OS2. The monoisotopic (exact) mass is 341 g/mol. The second kappa shape index (κ2) is 6.04. The van der Waals surface area contributed by atoms with Crippen LogP contribution in [-0.4, -0.2) is 34.9 Å². The molecule has 0 spiro atoms. The fourth-order valence-electron chi connectivity index (χ4n) is 2.47. The average molecular weight is 342 g/mol. The zero-order chi connectivity index (χ0) is 15.0. The standard InChI is InChI=1S/C14H16ClN3OS2/c1-8-12(14(19)18-6-2-3-9(16)7-18)21-13(17-8)10-4-5-11(15)20-10/h4-5,9H,2-3,6-7,16H2,1H3/t9-/m0/s1. The largest absolute Gasteiger partial charge is 0.336 e. The van der Waals surface area contributed by atoms with Crippen LogP contribution >= 0.6 is 34.3 Å². The number of carbonyl (C=O) groups excluding carboxylic acids is 1. The molecule has 3 rings (SSSR count). The van der Waals surface area contributed by atoms with Crippen molar-refractivity contribution >= 4 is 40.2 Å². The van der Waals surface area contributed by atoms with Crippen molar-refractivity contribution in [3.8, 4) is 9.88 Å². The van der Waals surface area contributed by atoms with Gasteiger partial charge >= 0.3 is 0 Å². The number of nitrogens with two attached hydrogens (primary N) is 1. The number of thiazole rings is 1. The molecule has 0 radical (unpaired) electrons. The molecule has 1 aliphatic rings. The van der Waals surface area contributed by atoms with E-state index in [-0.39, 0.29) is 11.9 Å². The summed E-state index contributed by atoms with van der Waals surface area (Å²) in [6, 6.07) is 3.88. The lowest BCUT2D eigenvalue weighted by molar-refractivity contribution is 0.0713. The number of halogens is 1. The highest BCUT2D eigenvalue weighted by Crippen LogP contribution is 2.35. The van der Waals surface area contributed by atoms with Gasteiger partial charge in [-0.1, -0.05) is 11.6 Å². The van der Waals surface area contributed by atoms with Gasteiger partial charge < -0.3 is 10.6 Å². The summed E-state index contributed by atoms with van der Waals surface area (Å²) >= 11 is 8.88. The van der Waals surface area contributed by atoms with Crippen molar-refractivity contribution in [3.05, 3.63) is 27.0 Å². The van der Waals surface area contributed by atoms with E-state index in [2.05, 4.69) is 4.98 Å². The van der Waals surface area contributed by atoms with Gasteiger partial charge in [0, 0.05) is 19.1 Å². The molecule has 1 fully saturated rings. The van der Waals surface area contributed by atoms with E-state index >= 15 is 0 Å². The lowest BCUT2D eigenvalue weighted by Crippen LogP contribution is -2.45. The molecule has 21 heavy (non-hydrogen) atoms. The normalized spacial score (nSPS) is 19.0. The smallest absolute Gasteiger partial charge is 0.265 e. The Morgan fingerprint density at radius 1 is 1.48 bits per heavy atom. The van der Waals surface area contributed by atoms with Gasteiger partial charge in [0.1, 0.15) is 9.88 Å². The number of hydrogen-bond donors (Lipinski definition) is 1. The second-order valence-corrected chi connectivity index (χ2v) is 7.90. The Kier molecular flexibility index (Phi) is 4.31. The summed E-state index contributed by atoms with van der Waals surface area (Å²) in [5.74, 6) is 0.0500. The van der Waals surface area contributed by atoms with E-state index < -0.39 is 0 Å². The number of amides is 1. The van der Waals surface area contributed by atoms with Crippen molar-refractivity contribution < 1.29 is 4.79 Å². The SMILES string of the molecule is Cc1nc(-c2ccc(Cl)s2)sc1C(=O)N1CCC[C@H](N)C1. The molecule has 4 nitrogen and oxygen atoms in total. The molecule has 7 heteroatoms. The Balaban J connectivity index is 1.85. The Morgan fingerprint density at radius 3 is 2.95 bits per heavy atom. The van der Waals surface area contributed by atoms with Gasteiger partial charge in [0.2, 0.25) is 0 Å². The quantitative estimate of drug-likeness (QED) is 0.910. The lowest BCUT2D eigenvalue weighted by atomic mass is 10.1. The van der Waals surface area contributed by atoms with Crippen molar-refractivity contribution in [2.24, 2.45) is 5.73 Å². The van der Waals surface area contributed by atoms with Gasteiger partial charge in [0.05, 0.1) is 14.9 Å². The second-order valence-electron chi connectivity index (χ2n) is 5.19. The minimum atomic E-state index is 0.0500. The number of thiophene rings is 1. The molecule has 1 aliphatic heterocycles. The lowest BCUT2D eigenvalue weighted by Gasteiger charge is -2.30. The van der Waals surface area contributed by atoms with Gasteiger partial charge in [-0.15, -0.1) is 22.7 Å². The van der Waals surface area contributed by atoms with Gasteiger partial charge in [-0.3, -0.25) is 4.79 Å². The highest BCUT2D eigenvalue weighted by Gasteiger charge is 2.26. The van der Waals surface area contributed by atoms with Crippen molar-refractivity contribution in [1.29, 1.82) is 0 Å². The number of aryl methyl sites for hydroxylation is 1. The molecule has 0 aliphatic carbocycles. The van der Waals surface area contributed by atoms with E-state index in [1.54, 1.807) is 0 Å². The predicted molar refractivity (Wildman–Crippen MR) is 88.3 cm³/mol. The molecule has 0 unspecified atom stereocenters. The first-order valence-corrected chi connectivity index (χ1v) is 8.83. The summed E-state index contributed by atoms with van der Waals surface area (Å²) < 4.78 is 0.729. The van der Waals surface area contributed by atoms with Crippen LogP contribution in [0.3, 0.4) is 0 Å². The van der Waals surface area contributed by atoms with Gasteiger partial charge in [0.15, 0.2) is 0 Å². The molecular weight excluding hydrogens is 326 g/mol. The highest BCUT2D eigenvalue weighted by atomic mass is 35.5. The van der Waals surface area contributed by atoms with Crippen LogP contribution in [0.5, 0.6) is 0 Å². The third kappa shape index (κ3) is 3.13. The van der Waals surface area contributed by atoms with Crippen LogP contribution in [0.15, 0.2) is 12.1 Å². The summed E-state index contributed by atoms with van der Waals surface area (Å²) in [4.78, 5) is 20.7. The molecule has 112 valence electrons. The van der Waals surface area contributed by atoms with Crippen molar-refractivity contribution in [1.82, 2.24) is 9.88 Å². The number of piperidine rings is 1. The van der Waals surface area contributed by atoms with Crippen LogP contribution in [0.2, 0.25) is 4.34 Å². The molecule has 2 aromatic heterocycles. The van der Waals surface area contributed by atoms with E-state index in [0.29, 0.717) is 11.4 Å². The number of hydrogen-bond acceptors (Lipinski definition) is 5. The third-order valence-corrected chi connectivity index (χ3v) is 6.07. The predicted octanol–water partition coefficient (Wildman–Crippen LogP) is 3.40. The number of aromatic nitrogens is 1. The number of nitrogens with zero attached hydrogens (tertiary/aromatic N) is 2. The molecule has 2 aromatic rings. The molecule has 3 heterocycles. The number of carbonyl (C=O) groups is 1. The fourth-order valence-corrected chi connectivity index (χ4v) is 4.60. The van der Waals surface area contributed by atoms with E-state index in [1.165, 1.54) is 22.7 Å². The topological polar surface area (TPSA) is 59.2 Å². The summed E-state index contributed by atoms with van der Waals surface area (Å²) in [6.45, 7) is 3.30. The molecule has 0 saturated carbocycles. The van der Waals surface area contributed by atoms with Gasteiger partial charge in [-0.25, -0.2) is 4.98 Å². The molecule has 1 saturated heterocycles. The first-order valence-electron chi connectivity index (χ1n) is 6.82. The van der Waals surface area contributed by atoms with Gasteiger partial charge in [-0.05, 0) is 31.9 Å². The van der Waals surface area contributed by atoms with Crippen LogP contribution in [-0.2, 0) is 0 Å². The molecule has 0 aromatic carbocycles. The van der Waals surface area contributed by atoms with Crippen molar-refractivity contribution in [3.63, 3.8) is 0 Å². The summed E-state index contributed by atoms with van der Waals surface area (Å²) in [5.41, 5.74) is 6.74. The maximum absolute atomic E-state index is 12.6. The summed E-state index contributed by atoms with van der Waals surface area (Å²) in [7, 11) is 0. The van der Waals surface area contributed by atoms with Crippen molar-refractivity contribution in [2.75, 3.05) is 13.1 Å². The zero-order valence-corrected chi connectivity index (χ0v) is 14.0. The summed E-state index contributed by atoms with van der Waals surface area (Å²) in [6.07, 6.45) is 1.96. The molecule has 1 amide bonds. The van der Waals surface area contributed by atoms with Crippen LogP contribution in [0.25, 0.3) is 9.88 Å². The first-order chi connectivity index (χ1) is 10.0. The average Bonchev–Trinajstić information content (AvgIpc) is 3.04.